The molecule has 3 aliphatic carbocycles. The molecule has 8 nitrogen and oxygen atoms in total. The molecule has 0 N–H and O–H groups in total. The van der Waals surface area contributed by atoms with E-state index in [0.717, 1.165) is 29.6 Å². The third-order valence-electron chi connectivity index (χ3n) is 10.1. The minimum absolute atomic E-state index is 0.0368. The molecule has 0 aromatic carbocycles. The number of rotatable bonds is 4. The van der Waals surface area contributed by atoms with Crippen LogP contribution in [-0.2, 0) is 33.4 Å². The number of methoxy groups -OCH3 is 1. The predicted molar refractivity (Wildman–Crippen MR) is 131 cm³/mol. The molecule has 200 valence electrons. The lowest BCUT2D eigenvalue weighted by atomic mass is 9.40. The Morgan fingerprint density at radius 1 is 1.16 bits per heavy atom. The van der Waals surface area contributed by atoms with E-state index >= 15 is 0 Å². The predicted octanol–water partition coefficient (Wildman–Crippen LogP) is 4.73. The normalized spacial score (nSPS) is 38.3. The Labute approximate surface area is 217 Å². The van der Waals surface area contributed by atoms with E-state index in [9.17, 15) is 19.2 Å². The lowest BCUT2D eigenvalue weighted by Gasteiger charge is -2.63. The van der Waals surface area contributed by atoms with Gasteiger partial charge in [0.25, 0.3) is 0 Å². The molecule has 2 heterocycles. The van der Waals surface area contributed by atoms with Crippen molar-refractivity contribution >= 4 is 23.7 Å². The fraction of sp³-hybridized carbons (Fsp3) is 0.655. The standard InChI is InChI=1S/C29H36O8/c1-15(30)36-26-18-11-17-19(29(5,24(18)33)21(27(26,2)3)13-22(31)34-6)7-9-28(4)20(17)12-23(32)37-25(28)16-8-10-35-14-16/h8,10,14,18-19,21,25-26H,7,9,11-13H2,1-6H3/t18-,19?,21+,25+,26+,28-,29?/m1/s1. The number of furan rings is 1. The van der Waals surface area contributed by atoms with Crippen molar-refractivity contribution in [1.29, 1.82) is 0 Å². The summed E-state index contributed by atoms with van der Waals surface area (Å²) in [6.07, 6.45) is 4.12. The summed E-state index contributed by atoms with van der Waals surface area (Å²) in [4.78, 5) is 52.0. The molecule has 2 bridgehead atoms. The summed E-state index contributed by atoms with van der Waals surface area (Å²) in [5.41, 5.74) is 0.968. The average Bonchev–Trinajstić information content (AvgIpc) is 3.36. The van der Waals surface area contributed by atoms with Gasteiger partial charge in [0, 0.05) is 35.2 Å². The lowest BCUT2D eigenvalue weighted by molar-refractivity contribution is -0.197. The van der Waals surface area contributed by atoms with Crippen LogP contribution in [0.1, 0.15) is 78.4 Å². The van der Waals surface area contributed by atoms with Gasteiger partial charge in [0.05, 0.1) is 32.0 Å². The number of Topliss-reactive ketones (excluding diaryl/α,β-unsaturated/α-hetero) is 1. The molecule has 1 aromatic rings. The van der Waals surface area contributed by atoms with Crippen molar-refractivity contribution in [3.63, 3.8) is 0 Å². The Morgan fingerprint density at radius 3 is 2.51 bits per heavy atom. The van der Waals surface area contributed by atoms with Crippen LogP contribution < -0.4 is 0 Å². The van der Waals surface area contributed by atoms with Crippen LogP contribution >= 0.6 is 0 Å². The Balaban J connectivity index is 1.69. The van der Waals surface area contributed by atoms with Crippen molar-refractivity contribution < 1.29 is 37.8 Å². The van der Waals surface area contributed by atoms with E-state index in [2.05, 4.69) is 6.92 Å². The summed E-state index contributed by atoms with van der Waals surface area (Å²) in [6, 6.07) is 1.83. The second-order valence-corrected chi connectivity index (χ2v) is 12.3. The number of allylic oxidation sites excluding steroid dienone is 1. The van der Waals surface area contributed by atoms with Gasteiger partial charge in [-0.3, -0.25) is 19.2 Å². The van der Waals surface area contributed by atoms with E-state index in [1.807, 2.05) is 26.8 Å². The van der Waals surface area contributed by atoms with Crippen molar-refractivity contribution in [2.45, 2.75) is 78.9 Å². The highest BCUT2D eigenvalue weighted by atomic mass is 16.6. The summed E-state index contributed by atoms with van der Waals surface area (Å²) in [6.45, 7) is 9.43. The van der Waals surface area contributed by atoms with Gasteiger partial charge in [0.1, 0.15) is 18.0 Å². The minimum Gasteiger partial charge on any atom is -0.472 e. The Kier molecular flexibility index (Phi) is 5.96. The van der Waals surface area contributed by atoms with E-state index in [4.69, 9.17) is 18.6 Å². The van der Waals surface area contributed by atoms with Crippen molar-refractivity contribution in [3.8, 4) is 0 Å². The molecule has 5 rings (SSSR count). The molecule has 4 aliphatic rings. The highest BCUT2D eigenvalue weighted by Crippen LogP contribution is 2.68. The van der Waals surface area contributed by atoms with Gasteiger partial charge in [-0.25, -0.2) is 0 Å². The van der Waals surface area contributed by atoms with Crippen LogP contribution in [0.15, 0.2) is 34.2 Å². The van der Waals surface area contributed by atoms with Gasteiger partial charge in [-0.2, -0.15) is 0 Å². The van der Waals surface area contributed by atoms with Crippen molar-refractivity contribution in [3.05, 3.63) is 35.3 Å². The SMILES string of the molecule is COC(=O)C[C@@H]1C2(C)C(=O)[C@@H](CC3=C4CC(=O)O[C@@H](c5ccoc5)[C@]4(C)CCC32)[C@H](OC(C)=O)C1(C)C. The van der Waals surface area contributed by atoms with Crippen LogP contribution in [0.4, 0.5) is 0 Å². The molecule has 2 unspecified atom stereocenters. The van der Waals surface area contributed by atoms with E-state index in [0.29, 0.717) is 6.42 Å². The number of fused-ring (bicyclic) bond motifs is 5. The fourth-order valence-corrected chi connectivity index (χ4v) is 8.37. The number of cyclic esters (lactones) is 1. The van der Waals surface area contributed by atoms with E-state index in [1.54, 1.807) is 12.5 Å². The molecule has 7 atom stereocenters. The van der Waals surface area contributed by atoms with Crippen LogP contribution in [0.3, 0.4) is 0 Å². The smallest absolute Gasteiger partial charge is 0.310 e. The molecule has 0 amide bonds. The fourth-order valence-electron chi connectivity index (χ4n) is 8.37. The number of hydrogen-bond donors (Lipinski definition) is 0. The minimum atomic E-state index is -0.868. The molecule has 0 radical (unpaired) electrons. The first kappa shape index (κ1) is 25.7. The summed E-state index contributed by atoms with van der Waals surface area (Å²) in [5.74, 6) is -2.20. The maximum atomic E-state index is 14.2. The Bertz CT molecular complexity index is 1180. The number of carbonyl (C=O) groups excluding carboxylic acids is 4. The molecule has 3 fully saturated rings. The topological polar surface area (TPSA) is 109 Å². The number of carbonyl (C=O) groups is 4. The average molecular weight is 513 g/mol. The quantitative estimate of drug-likeness (QED) is 0.324. The number of ketones is 1. The maximum absolute atomic E-state index is 14.2. The number of hydrogen-bond acceptors (Lipinski definition) is 8. The first-order valence-electron chi connectivity index (χ1n) is 13.1. The van der Waals surface area contributed by atoms with Gasteiger partial charge in [0.2, 0.25) is 0 Å². The monoisotopic (exact) mass is 512 g/mol. The molecule has 1 saturated heterocycles. The summed E-state index contributed by atoms with van der Waals surface area (Å²) in [5, 5.41) is 0. The molecular weight excluding hydrogens is 476 g/mol. The second-order valence-electron chi connectivity index (χ2n) is 12.3. The third kappa shape index (κ3) is 3.62. The van der Waals surface area contributed by atoms with Crippen LogP contribution in [0, 0.1) is 34.0 Å². The molecule has 2 saturated carbocycles. The van der Waals surface area contributed by atoms with Gasteiger partial charge >= 0.3 is 17.9 Å². The van der Waals surface area contributed by atoms with Gasteiger partial charge in [0.15, 0.2) is 0 Å². The highest BCUT2D eigenvalue weighted by molar-refractivity contribution is 5.92. The van der Waals surface area contributed by atoms with Crippen molar-refractivity contribution in [1.82, 2.24) is 0 Å². The number of esters is 3. The third-order valence-corrected chi connectivity index (χ3v) is 10.1. The van der Waals surface area contributed by atoms with Crippen LogP contribution in [-0.4, -0.2) is 36.9 Å². The zero-order chi connectivity index (χ0) is 26.9. The summed E-state index contributed by atoms with van der Waals surface area (Å²) >= 11 is 0. The zero-order valence-electron chi connectivity index (χ0n) is 22.4. The first-order chi connectivity index (χ1) is 17.4. The molecular formula is C29H36O8. The second kappa shape index (κ2) is 8.57. The summed E-state index contributed by atoms with van der Waals surface area (Å²) in [7, 11) is 1.35. The van der Waals surface area contributed by atoms with E-state index in [1.165, 1.54) is 14.0 Å². The Morgan fingerprint density at radius 2 is 1.89 bits per heavy atom. The van der Waals surface area contributed by atoms with E-state index in [-0.39, 0.29) is 30.5 Å². The van der Waals surface area contributed by atoms with Crippen LogP contribution in [0.25, 0.3) is 0 Å². The van der Waals surface area contributed by atoms with Crippen molar-refractivity contribution in [2.75, 3.05) is 7.11 Å². The van der Waals surface area contributed by atoms with Crippen LogP contribution in [0.2, 0.25) is 0 Å². The van der Waals surface area contributed by atoms with Gasteiger partial charge < -0.3 is 18.6 Å². The highest BCUT2D eigenvalue weighted by Gasteiger charge is 2.68. The Hall–Kier alpha value is -2.90. The molecule has 1 aliphatic heterocycles. The molecule has 8 heteroatoms. The van der Waals surface area contributed by atoms with Gasteiger partial charge in [-0.1, -0.05) is 33.3 Å². The first-order valence-corrected chi connectivity index (χ1v) is 13.1. The molecule has 1 aromatic heterocycles. The summed E-state index contributed by atoms with van der Waals surface area (Å²) < 4.78 is 22.1. The van der Waals surface area contributed by atoms with E-state index < -0.39 is 52.2 Å². The molecule has 0 spiro atoms. The lowest BCUT2D eigenvalue weighted by Crippen LogP contribution is -2.66. The van der Waals surface area contributed by atoms with Crippen LogP contribution in [0.5, 0.6) is 0 Å². The maximum Gasteiger partial charge on any atom is 0.310 e. The van der Waals surface area contributed by atoms with Gasteiger partial charge in [-0.15, -0.1) is 0 Å². The van der Waals surface area contributed by atoms with Crippen molar-refractivity contribution in [2.24, 2.45) is 34.0 Å². The van der Waals surface area contributed by atoms with Gasteiger partial charge in [-0.05, 0) is 42.7 Å². The zero-order valence-corrected chi connectivity index (χ0v) is 22.4. The number of ether oxygens (including phenoxy) is 3. The largest absolute Gasteiger partial charge is 0.472 e. The molecule has 37 heavy (non-hydrogen) atoms.